The van der Waals surface area contributed by atoms with Crippen molar-refractivity contribution < 1.29 is 19.4 Å². The molecule has 0 bridgehead atoms. The number of phenolic OH excluding ortho intramolecular Hbond substituents is 1. The van der Waals surface area contributed by atoms with Gasteiger partial charge in [-0.3, -0.25) is 4.79 Å². The molecule has 1 aliphatic rings. The van der Waals surface area contributed by atoms with Gasteiger partial charge in [0.2, 0.25) is 0 Å². The van der Waals surface area contributed by atoms with Gasteiger partial charge in [0.25, 0.3) is 0 Å². The Kier molecular flexibility index (Phi) is 9.90. The van der Waals surface area contributed by atoms with Gasteiger partial charge in [0, 0.05) is 49.7 Å². The molecule has 33 heavy (non-hydrogen) atoms. The Hall–Kier alpha value is -2.71. The van der Waals surface area contributed by atoms with Gasteiger partial charge < -0.3 is 25.0 Å². The van der Waals surface area contributed by atoms with Gasteiger partial charge in [0.15, 0.2) is 0 Å². The lowest BCUT2D eigenvalue weighted by atomic mass is 10.1. The molecule has 0 atom stereocenters. The summed E-state index contributed by atoms with van der Waals surface area (Å²) >= 11 is 1.69. The molecule has 0 radical (unpaired) electrons. The van der Waals surface area contributed by atoms with Crippen molar-refractivity contribution in [2.24, 2.45) is 0 Å². The number of hydrogen-bond donors (Lipinski definition) is 2. The van der Waals surface area contributed by atoms with Crippen LogP contribution in [0.15, 0.2) is 53.4 Å². The van der Waals surface area contributed by atoms with Crippen LogP contribution < -0.4 is 10.2 Å². The standard InChI is InChI=1S/C25H33N3O4S/c1-2-32-25(31)28-15-13-27(14-16-28)24-8-4-3-6-20(24)18-26-19-22(30)7-5-17-33-23-11-9-21(29)10-12-23/h3-4,6,8-12,26,29H,2,5,7,13-19H2,1H3. The number of ketones is 1. The summed E-state index contributed by atoms with van der Waals surface area (Å²) in [6.07, 6.45) is 1.13. The van der Waals surface area contributed by atoms with E-state index in [1.807, 2.05) is 31.2 Å². The summed E-state index contributed by atoms with van der Waals surface area (Å²) in [5.74, 6) is 1.35. The maximum atomic E-state index is 12.3. The van der Waals surface area contributed by atoms with E-state index in [9.17, 15) is 14.7 Å². The third-order valence-electron chi connectivity index (χ3n) is 5.48. The lowest BCUT2D eigenvalue weighted by Gasteiger charge is -2.36. The molecule has 0 saturated carbocycles. The van der Waals surface area contributed by atoms with Crippen LogP contribution in [0.4, 0.5) is 10.5 Å². The van der Waals surface area contributed by atoms with Crippen molar-refractivity contribution in [3.63, 3.8) is 0 Å². The molecule has 0 aromatic heterocycles. The summed E-state index contributed by atoms with van der Waals surface area (Å²) < 4.78 is 5.10. The Balaban J connectivity index is 1.38. The average Bonchev–Trinajstić information content (AvgIpc) is 2.83. The molecule has 0 unspecified atom stereocenters. The smallest absolute Gasteiger partial charge is 0.409 e. The van der Waals surface area contributed by atoms with Crippen LogP contribution in [-0.2, 0) is 16.1 Å². The van der Waals surface area contributed by atoms with Gasteiger partial charge in [0.05, 0.1) is 13.2 Å². The first-order valence-corrected chi connectivity index (χ1v) is 12.4. The first-order valence-electron chi connectivity index (χ1n) is 11.5. The van der Waals surface area contributed by atoms with Crippen molar-refractivity contribution in [3.8, 4) is 5.75 Å². The molecule has 3 rings (SSSR count). The van der Waals surface area contributed by atoms with Crippen LogP contribution in [0.5, 0.6) is 5.75 Å². The highest BCUT2D eigenvalue weighted by molar-refractivity contribution is 7.99. The number of benzene rings is 2. The number of amides is 1. The first-order chi connectivity index (χ1) is 16.1. The van der Waals surface area contributed by atoms with Gasteiger partial charge >= 0.3 is 6.09 Å². The monoisotopic (exact) mass is 471 g/mol. The van der Waals surface area contributed by atoms with E-state index in [-0.39, 0.29) is 17.6 Å². The van der Waals surface area contributed by atoms with E-state index in [0.717, 1.165) is 41.4 Å². The fourth-order valence-electron chi connectivity index (χ4n) is 3.74. The van der Waals surface area contributed by atoms with E-state index in [2.05, 4.69) is 22.3 Å². The van der Waals surface area contributed by atoms with E-state index < -0.39 is 0 Å². The Bertz CT molecular complexity index is 899. The Morgan fingerprint density at radius 3 is 2.52 bits per heavy atom. The molecule has 0 aliphatic carbocycles. The highest BCUT2D eigenvalue weighted by Gasteiger charge is 2.23. The minimum absolute atomic E-state index is 0.210. The second kappa shape index (κ2) is 13.1. The zero-order valence-corrected chi connectivity index (χ0v) is 20.0. The number of Topliss-reactive ketones (excluding diaryl/α,β-unsaturated/α-hetero) is 1. The molecule has 2 aromatic carbocycles. The summed E-state index contributed by atoms with van der Waals surface area (Å²) in [7, 11) is 0. The van der Waals surface area contributed by atoms with Gasteiger partial charge in [-0.05, 0) is 55.0 Å². The molecule has 7 nitrogen and oxygen atoms in total. The number of phenols is 1. The zero-order chi connectivity index (χ0) is 23.5. The number of ether oxygens (including phenoxy) is 1. The number of para-hydroxylation sites is 1. The number of nitrogens with one attached hydrogen (secondary N) is 1. The number of nitrogens with zero attached hydrogens (tertiary/aromatic N) is 2. The number of carbonyl (C=O) groups excluding carboxylic acids is 2. The van der Waals surface area contributed by atoms with Crippen LogP contribution in [0.3, 0.4) is 0 Å². The predicted octanol–water partition coefficient (Wildman–Crippen LogP) is 3.90. The summed E-state index contributed by atoms with van der Waals surface area (Å²) in [6.45, 7) is 5.99. The minimum Gasteiger partial charge on any atom is -0.508 e. The van der Waals surface area contributed by atoms with E-state index >= 15 is 0 Å². The fraction of sp³-hybridized carbons (Fsp3) is 0.440. The van der Waals surface area contributed by atoms with Gasteiger partial charge in [-0.15, -0.1) is 11.8 Å². The van der Waals surface area contributed by atoms with Crippen LogP contribution >= 0.6 is 11.8 Å². The zero-order valence-electron chi connectivity index (χ0n) is 19.2. The minimum atomic E-state index is -0.243. The number of rotatable bonds is 11. The Morgan fingerprint density at radius 2 is 1.79 bits per heavy atom. The van der Waals surface area contributed by atoms with Crippen molar-refractivity contribution in [2.45, 2.75) is 31.2 Å². The molecule has 178 valence electrons. The normalized spacial score (nSPS) is 13.7. The highest BCUT2D eigenvalue weighted by Crippen LogP contribution is 2.23. The molecular formula is C25H33N3O4S. The van der Waals surface area contributed by atoms with Crippen LogP contribution in [0.1, 0.15) is 25.3 Å². The van der Waals surface area contributed by atoms with Gasteiger partial charge in [-0.25, -0.2) is 4.79 Å². The van der Waals surface area contributed by atoms with Gasteiger partial charge in [0.1, 0.15) is 11.5 Å². The van der Waals surface area contributed by atoms with Crippen molar-refractivity contribution in [2.75, 3.05) is 50.0 Å². The lowest BCUT2D eigenvalue weighted by Crippen LogP contribution is -2.49. The molecule has 2 N–H and O–H groups in total. The maximum Gasteiger partial charge on any atom is 0.409 e. The number of aromatic hydroxyl groups is 1. The van der Waals surface area contributed by atoms with Crippen LogP contribution in [0, 0.1) is 0 Å². The fourth-order valence-corrected chi connectivity index (χ4v) is 4.59. The molecule has 1 saturated heterocycles. The van der Waals surface area contributed by atoms with Crippen molar-refractivity contribution in [3.05, 3.63) is 54.1 Å². The predicted molar refractivity (Wildman–Crippen MR) is 132 cm³/mol. The lowest BCUT2D eigenvalue weighted by molar-refractivity contribution is -0.118. The molecule has 0 spiro atoms. The van der Waals surface area contributed by atoms with E-state index in [1.54, 1.807) is 28.8 Å². The summed E-state index contributed by atoms with van der Waals surface area (Å²) in [5, 5.41) is 12.6. The Morgan fingerprint density at radius 1 is 1.06 bits per heavy atom. The number of hydrogen-bond acceptors (Lipinski definition) is 7. The number of carbonyl (C=O) groups is 2. The van der Waals surface area contributed by atoms with Crippen LogP contribution in [-0.4, -0.2) is 67.0 Å². The second-order valence-corrected chi connectivity index (χ2v) is 9.06. The van der Waals surface area contributed by atoms with Crippen molar-refractivity contribution in [1.82, 2.24) is 10.2 Å². The summed E-state index contributed by atoms with van der Waals surface area (Å²) in [5.41, 5.74) is 2.30. The molecule has 1 aliphatic heterocycles. The number of anilines is 1. The molecule has 1 fully saturated rings. The third kappa shape index (κ3) is 7.98. The largest absolute Gasteiger partial charge is 0.508 e. The molecule has 2 aromatic rings. The highest BCUT2D eigenvalue weighted by atomic mass is 32.2. The van der Waals surface area contributed by atoms with E-state index in [1.165, 1.54) is 0 Å². The summed E-state index contributed by atoms with van der Waals surface area (Å²) in [6, 6.07) is 15.3. The molecule has 1 heterocycles. The maximum absolute atomic E-state index is 12.3. The topological polar surface area (TPSA) is 82.1 Å². The van der Waals surface area contributed by atoms with Crippen LogP contribution in [0.2, 0.25) is 0 Å². The first kappa shape index (κ1) is 24.9. The van der Waals surface area contributed by atoms with Gasteiger partial charge in [-0.1, -0.05) is 18.2 Å². The van der Waals surface area contributed by atoms with Crippen LogP contribution in [0.25, 0.3) is 0 Å². The second-order valence-electron chi connectivity index (χ2n) is 7.89. The quantitative estimate of drug-likeness (QED) is 0.380. The average molecular weight is 472 g/mol. The van der Waals surface area contributed by atoms with E-state index in [4.69, 9.17) is 4.74 Å². The molecule has 8 heteroatoms. The molecular weight excluding hydrogens is 438 g/mol. The van der Waals surface area contributed by atoms with Gasteiger partial charge in [-0.2, -0.15) is 0 Å². The molecule has 1 amide bonds. The number of thioether (sulfide) groups is 1. The third-order valence-corrected chi connectivity index (χ3v) is 6.58. The van der Waals surface area contributed by atoms with Crippen molar-refractivity contribution >= 4 is 29.3 Å². The summed E-state index contributed by atoms with van der Waals surface area (Å²) in [4.78, 5) is 29.3. The van der Waals surface area contributed by atoms with E-state index in [0.29, 0.717) is 39.2 Å². The SMILES string of the molecule is CCOC(=O)N1CCN(c2ccccc2CNCC(=O)CCCSc2ccc(O)cc2)CC1. The Labute approximate surface area is 200 Å². The number of piperazine rings is 1. The van der Waals surface area contributed by atoms with Crippen molar-refractivity contribution in [1.29, 1.82) is 0 Å².